The summed E-state index contributed by atoms with van der Waals surface area (Å²) in [5.41, 5.74) is 1.00. The number of aromatic nitrogens is 1. The number of hydrogen-bond donors (Lipinski definition) is 2. The second kappa shape index (κ2) is 7.61. The number of para-hydroxylation sites is 1. The zero-order valence-corrected chi connectivity index (χ0v) is 13.3. The number of carbonyl (C=O) groups excluding carboxylic acids is 1. The number of rotatable bonds is 7. The number of amides is 1. The van der Waals surface area contributed by atoms with Gasteiger partial charge in [0.2, 0.25) is 5.91 Å². The molecule has 0 aliphatic carbocycles. The minimum atomic E-state index is 0.0546. The van der Waals surface area contributed by atoms with E-state index in [4.69, 9.17) is 0 Å². The number of likely N-dealkylation sites (N-methyl/N-ethyl adjacent to an activating group) is 1. The molecule has 0 spiro atoms. The molecule has 6 heteroatoms. The molecule has 1 amide bonds. The Balaban J connectivity index is 1.78. The molecule has 108 valence electrons. The van der Waals surface area contributed by atoms with Crippen LogP contribution in [-0.2, 0) is 4.79 Å². The van der Waals surface area contributed by atoms with Crippen LogP contribution in [0.25, 0.3) is 10.2 Å². The maximum absolute atomic E-state index is 11.8. The second-order valence-electron chi connectivity index (χ2n) is 4.50. The molecule has 1 heterocycles. The number of hydrogen-bond acceptors (Lipinski definition) is 5. The van der Waals surface area contributed by atoms with Crippen molar-refractivity contribution in [1.82, 2.24) is 15.6 Å². The van der Waals surface area contributed by atoms with Crippen molar-refractivity contribution < 1.29 is 4.79 Å². The van der Waals surface area contributed by atoms with Crippen molar-refractivity contribution in [3.05, 3.63) is 24.3 Å². The van der Waals surface area contributed by atoms with Gasteiger partial charge in [-0.1, -0.05) is 30.8 Å². The summed E-state index contributed by atoms with van der Waals surface area (Å²) < 4.78 is 2.11. The molecule has 1 aromatic carbocycles. The van der Waals surface area contributed by atoms with E-state index in [1.54, 1.807) is 11.3 Å². The highest BCUT2D eigenvalue weighted by atomic mass is 32.2. The van der Waals surface area contributed by atoms with Crippen molar-refractivity contribution in [2.45, 2.75) is 24.2 Å². The average molecular weight is 309 g/mol. The predicted molar refractivity (Wildman–Crippen MR) is 86.5 cm³/mol. The Morgan fingerprint density at radius 1 is 1.45 bits per heavy atom. The molecule has 0 saturated heterocycles. The van der Waals surface area contributed by atoms with Crippen molar-refractivity contribution in [3.63, 3.8) is 0 Å². The topological polar surface area (TPSA) is 54.0 Å². The lowest BCUT2D eigenvalue weighted by Gasteiger charge is -2.12. The predicted octanol–water partition coefficient (Wildman–Crippen LogP) is 2.50. The van der Waals surface area contributed by atoms with E-state index in [0.717, 1.165) is 21.1 Å². The fourth-order valence-corrected chi connectivity index (χ4v) is 3.68. The Hall–Kier alpha value is -1.11. The van der Waals surface area contributed by atoms with Gasteiger partial charge in [0.25, 0.3) is 0 Å². The van der Waals surface area contributed by atoms with Crippen LogP contribution in [0.2, 0.25) is 0 Å². The molecule has 2 rings (SSSR count). The Kier molecular flexibility index (Phi) is 5.82. The van der Waals surface area contributed by atoms with Crippen LogP contribution in [0.4, 0.5) is 0 Å². The molecule has 1 atom stereocenters. The first-order valence-electron chi connectivity index (χ1n) is 6.67. The van der Waals surface area contributed by atoms with Crippen LogP contribution in [-0.4, -0.2) is 35.8 Å². The van der Waals surface area contributed by atoms with E-state index in [1.807, 2.05) is 18.2 Å². The monoisotopic (exact) mass is 309 g/mol. The van der Waals surface area contributed by atoms with Crippen molar-refractivity contribution in [2.75, 3.05) is 18.8 Å². The summed E-state index contributed by atoms with van der Waals surface area (Å²) in [7, 11) is 0. The Labute approximate surface area is 127 Å². The number of nitrogens with one attached hydrogen (secondary N) is 2. The van der Waals surface area contributed by atoms with E-state index in [-0.39, 0.29) is 5.91 Å². The van der Waals surface area contributed by atoms with Gasteiger partial charge in [0.1, 0.15) is 0 Å². The molecule has 0 bridgehead atoms. The number of thioether (sulfide) groups is 1. The smallest absolute Gasteiger partial charge is 0.230 e. The summed E-state index contributed by atoms with van der Waals surface area (Å²) >= 11 is 3.13. The van der Waals surface area contributed by atoms with Gasteiger partial charge in [0.15, 0.2) is 4.34 Å². The standard InChI is InChI=1S/C14H19N3OS2/c1-3-15-10(2)8-16-13(18)9-19-14-17-11-6-4-5-7-12(11)20-14/h4-7,10,15H,3,8-9H2,1-2H3,(H,16,18)/t10-/m1/s1. The van der Waals surface area contributed by atoms with Gasteiger partial charge in [-0.05, 0) is 25.6 Å². The number of fused-ring (bicyclic) bond motifs is 1. The lowest BCUT2D eigenvalue weighted by Crippen LogP contribution is -2.39. The highest BCUT2D eigenvalue weighted by Crippen LogP contribution is 2.28. The first kappa shape index (κ1) is 15.3. The van der Waals surface area contributed by atoms with E-state index < -0.39 is 0 Å². The Morgan fingerprint density at radius 2 is 2.25 bits per heavy atom. The summed E-state index contributed by atoms with van der Waals surface area (Å²) in [5, 5.41) is 6.19. The van der Waals surface area contributed by atoms with Crippen molar-refractivity contribution in [1.29, 1.82) is 0 Å². The number of thiazole rings is 1. The van der Waals surface area contributed by atoms with Crippen molar-refractivity contribution >= 4 is 39.2 Å². The normalized spacial score (nSPS) is 12.5. The Morgan fingerprint density at radius 3 is 3.00 bits per heavy atom. The molecule has 2 N–H and O–H groups in total. The summed E-state index contributed by atoms with van der Waals surface area (Å²) in [6.45, 7) is 5.69. The molecule has 2 aromatic rings. The van der Waals surface area contributed by atoms with E-state index in [9.17, 15) is 4.79 Å². The summed E-state index contributed by atoms with van der Waals surface area (Å²) in [6.07, 6.45) is 0. The van der Waals surface area contributed by atoms with Crippen molar-refractivity contribution in [2.24, 2.45) is 0 Å². The number of carbonyl (C=O) groups is 1. The zero-order chi connectivity index (χ0) is 14.4. The lowest BCUT2D eigenvalue weighted by molar-refractivity contribution is -0.118. The van der Waals surface area contributed by atoms with Gasteiger partial charge in [0, 0.05) is 12.6 Å². The van der Waals surface area contributed by atoms with Gasteiger partial charge < -0.3 is 10.6 Å². The quantitative estimate of drug-likeness (QED) is 0.772. The summed E-state index contributed by atoms with van der Waals surface area (Å²) in [5.74, 6) is 0.470. The van der Waals surface area contributed by atoms with Crippen LogP contribution < -0.4 is 10.6 Å². The third-order valence-corrected chi connectivity index (χ3v) is 4.94. The first-order chi connectivity index (χ1) is 9.69. The summed E-state index contributed by atoms with van der Waals surface area (Å²) in [4.78, 5) is 16.3. The minimum Gasteiger partial charge on any atom is -0.354 e. The highest BCUT2D eigenvalue weighted by molar-refractivity contribution is 8.01. The van der Waals surface area contributed by atoms with Gasteiger partial charge in [0.05, 0.1) is 16.0 Å². The molecule has 1 aromatic heterocycles. The van der Waals surface area contributed by atoms with Crippen LogP contribution in [0.5, 0.6) is 0 Å². The van der Waals surface area contributed by atoms with E-state index in [2.05, 4.69) is 35.5 Å². The molecule has 0 saturated carbocycles. The molecule has 0 fully saturated rings. The highest BCUT2D eigenvalue weighted by Gasteiger charge is 2.08. The SMILES string of the molecule is CCN[C@H](C)CNC(=O)CSc1nc2ccccc2s1. The van der Waals surface area contributed by atoms with Gasteiger partial charge in [-0.15, -0.1) is 11.3 Å². The molecular formula is C14H19N3OS2. The van der Waals surface area contributed by atoms with Crippen LogP contribution in [0.1, 0.15) is 13.8 Å². The Bertz CT molecular complexity index is 537. The number of benzene rings is 1. The second-order valence-corrected chi connectivity index (χ2v) is 6.75. The van der Waals surface area contributed by atoms with Crippen molar-refractivity contribution in [3.8, 4) is 0 Å². The maximum atomic E-state index is 11.8. The third-order valence-electron chi connectivity index (χ3n) is 2.76. The summed E-state index contributed by atoms with van der Waals surface area (Å²) in [6, 6.07) is 8.33. The van der Waals surface area contributed by atoms with Gasteiger partial charge in [-0.2, -0.15) is 0 Å². The fourth-order valence-electron chi connectivity index (χ4n) is 1.78. The van der Waals surface area contributed by atoms with E-state index >= 15 is 0 Å². The fraction of sp³-hybridized carbons (Fsp3) is 0.429. The van der Waals surface area contributed by atoms with E-state index in [1.165, 1.54) is 11.8 Å². The van der Waals surface area contributed by atoms with E-state index in [0.29, 0.717) is 18.3 Å². The molecule has 0 aliphatic rings. The van der Waals surface area contributed by atoms with Crippen LogP contribution >= 0.6 is 23.1 Å². The molecule has 0 aliphatic heterocycles. The van der Waals surface area contributed by atoms with Gasteiger partial charge in [-0.3, -0.25) is 4.79 Å². The van der Waals surface area contributed by atoms with Crippen LogP contribution in [0, 0.1) is 0 Å². The molecule has 0 radical (unpaired) electrons. The average Bonchev–Trinajstić information content (AvgIpc) is 2.86. The third kappa shape index (κ3) is 4.47. The zero-order valence-electron chi connectivity index (χ0n) is 11.7. The first-order valence-corrected chi connectivity index (χ1v) is 8.47. The van der Waals surface area contributed by atoms with Gasteiger partial charge in [-0.25, -0.2) is 4.98 Å². The van der Waals surface area contributed by atoms with Crippen LogP contribution in [0.15, 0.2) is 28.6 Å². The lowest BCUT2D eigenvalue weighted by atomic mass is 10.3. The molecular weight excluding hydrogens is 290 g/mol. The largest absolute Gasteiger partial charge is 0.354 e. The molecule has 0 unspecified atom stereocenters. The van der Waals surface area contributed by atoms with Gasteiger partial charge >= 0.3 is 0 Å². The maximum Gasteiger partial charge on any atom is 0.230 e. The molecule has 20 heavy (non-hydrogen) atoms. The molecule has 4 nitrogen and oxygen atoms in total. The number of nitrogens with zero attached hydrogens (tertiary/aromatic N) is 1. The minimum absolute atomic E-state index is 0.0546. The van der Waals surface area contributed by atoms with Crippen LogP contribution in [0.3, 0.4) is 0 Å².